The Morgan fingerprint density at radius 2 is 1.94 bits per heavy atom. The molecule has 0 N–H and O–H groups in total. The zero-order valence-electron chi connectivity index (χ0n) is 9.67. The van der Waals surface area contributed by atoms with Crippen LogP contribution in [0.3, 0.4) is 0 Å². The topological polar surface area (TPSA) is 46.6 Å². The van der Waals surface area contributed by atoms with Crippen LogP contribution in [0.5, 0.6) is 0 Å². The zero-order valence-corrected chi connectivity index (χ0v) is 11.9. The second-order valence-electron chi connectivity index (χ2n) is 3.25. The van der Waals surface area contributed by atoms with Crippen LogP contribution < -0.4 is 4.90 Å². The van der Waals surface area contributed by atoms with Crippen molar-refractivity contribution in [3.8, 4) is 0 Å². The van der Waals surface area contributed by atoms with E-state index in [4.69, 9.17) is 34.8 Å². The van der Waals surface area contributed by atoms with E-state index < -0.39 is 11.3 Å². The van der Waals surface area contributed by atoms with Gasteiger partial charge < -0.3 is 4.74 Å². The predicted octanol–water partition coefficient (Wildman–Crippen LogP) is 3.97. The molecule has 0 aromatic heterocycles. The Labute approximate surface area is 119 Å². The SMILES string of the molecule is CCN(C(=O)OC)c1c(C(=O)Cl)ccc(Cl)c1Cl. The summed E-state index contributed by atoms with van der Waals surface area (Å²) in [6.07, 6.45) is -0.652. The van der Waals surface area contributed by atoms with Gasteiger partial charge in [0.15, 0.2) is 0 Å². The molecule has 7 heteroatoms. The van der Waals surface area contributed by atoms with Crippen molar-refractivity contribution in [2.45, 2.75) is 6.92 Å². The van der Waals surface area contributed by atoms with E-state index in [9.17, 15) is 9.59 Å². The molecule has 0 fully saturated rings. The fourth-order valence-electron chi connectivity index (χ4n) is 1.45. The standard InChI is InChI=1S/C11H10Cl3NO3/c1-3-15(11(17)18-2)9-6(10(14)16)4-5-7(12)8(9)13/h4-5H,3H2,1-2H3. The van der Waals surface area contributed by atoms with E-state index >= 15 is 0 Å². The summed E-state index contributed by atoms with van der Waals surface area (Å²) in [7, 11) is 1.23. The number of hydrogen-bond donors (Lipinski definition) is 0. The summed E-state index contributed by atoms with van der Waals surface area (Å²) in [6, 6.07) is 2.85. The molecule has 4 nitrogen and oxygen atoms in total. The molecule has 0 atom stereocenters. The van der Waals surface area contributed by atoms with Crippen molar-refractivity contribution in [1.29, 1.82) is 0 Å². The third-order valence-electron chi connectivity index (χ3n) is 2.26. The molecule has 1 aromatic carbocycles. The average molecular weight is 311 g/mol. The van der Waals surface area contributed by atoms with Gasteiger partial charge in [-0.1, -0.05) is 23.2 Å². The number of carbonyl (C=O) groups is 2. The molecule has 0 aliphatic carbocycles. The lowest BCUT2D eigenvalue weighted by Crippen LogP contribution is -2.31. The minimum atomic E-state index is -0.731. The van der Waals surface area contributed by atoms with Gasteiger partial charge in [-0.05, 0) is 30.7 Å². The molecule has 0 unspecified atom stereocenters. The number of anilines is 1. The monoisotopic (exact) mass is 309 g/mol. The summed E-state index contributed by atoms with van der Waals surface area (Å²) >= 11 is 17.4. The lowest BCUT2D eigenvalue weighted by atomic mass is 10.1. The van der Waals surface area contributed by atoms with Crippen molar-refractivity contribution < 1.29 is 14.3 Å². The number of methoxy groups -OCH3 is 1. The van der Waals surface area contributed by atoms with Gasteiger partial charge >= 0.3 is 6.09 Å². The predicted molar refractivity (Wildman–Crippen MR) is 72.1 cm³/mol. The number of carbonyl (C=O) groups excluding carboxylic acids is 2. The van der Waals surface area contributed by atoms with Crippen molar-refractivity contribution in [3.05, 3.63) is 27.7 Å². The first-order chi connectivity index (χ1) is 8.43. The zero-order chi connectivity index (χ0) is 13.9. The molecule has 0 bridgehead atoms. The molecule has 0 aliphatic rings. The molecule has 18 heavy (non-hydrogen) atoms. The maximum Gasteiger partial charge on any atom is 0.414 e. The second-order valence-corrected chi connectivity index (χ2v) is 4.37. The fraction of sp³-hybridized carbons (Fsp3) is 0.273. The highest BCUT2D eigenvalue weighted by atomic mass is 35.5. The molecule has 1 amide bonds. The highest BCUT2D eigenvalue weighted by Gasteiger charge is 2.24. The van der Waals surface area contributed by atoms with Crippen LogP contribution in [-0.2, 0) is 4.74 Å². The molecular formula is C11H10Cl3NO3. The largest absolute Gasteiger partial charge is 0.452 e. The van der Waals surface area contributed by atoms with E-state index in [1.54, 1.807) is 6.92 Å². The van der Waals surface area contributed by atoms with Crippen LogP contribution in [0.1, 0.15) is 17.3 Å². The maximum absolute atomic E-state index is 11.6. The van der Waals surface area contributed by atoms with Crippen molar-refractivity contribution in [2.24, 2.45) is 0 Å². The van der Waals surface area contributed by atoms with Gasteiger partial charge in [-0.25, -0.2) is 4.79 Å². The van der Waals surface area contributed by atoms with Crippen LogP contribution >= 0.6 is 34.8 Å². The van der Waals surface area contributed by atoms with Crippen molar-refractivity contribution in [3.63, 3.8) is 0 Å². The van der Waals surface area contributed by atoms with Crippen LogP contribution in [0, 0.1) is 0 Å². The Hall–Kier alpha value is -0.970. The lowest BCUT2D eigenvalue weighted by molar-refractivity contribution is 0.108. The molecule has 0 heterocycles. The molecule has 0 saturated heterocycles. The quantitative estimate of drug-likeness (QED) is 0.794. The highest BCUT2D eigenvalue weighted by molar-refractivity contribution is 6.68. The minimum Gasteiger partial charge on any atom is -0.452 e. The van der Waals surface area contributed by atoms with E-state index in [-0.39, 0.29) is 27.8 Å². The van der Waals surface area contributed by atoms with Gasteiger partial charge in [-0.15, -0.1) is 0 Å². The number of ether oxygens (including phenoxy) is 1. The van der Waals surface area contributed by atoms with E-state index in [1.807, 2.05) is 0 Å². The van der Waals surface area contributed by atoms with Gasteiger partial charge in [-0.2, -0.15) is 0 Å². The molecule has 0 saturated carbocycles. The van der Waals surface area contributed by atoms with Gasteiger partial charge in [-0.3, -0.25) is 9.69 Å². The first kappa shape index (κ1) is 15.1. The summed E-state index contributed by atoms with van der Waals surface area (Å²) in [5, 5.41) is -0.433. The summed E-state index contributed by atoms with van der Waals surface area (Å²) in [6.45, 7) is 1.96. The Morgan fingerprint density at radius 3 is 2.39 bits per heavy atom. The van der Waals surface area contributed by atoms with Crippen LogP contribution in [-0.4, -0.2) is 25.0 Å². The smallest absolute Gasteiger partial charge is 0.414 e. The highest BCUT2D eigenvalue weighted by Crippen LogP contribution is 2.36. The third kappa shape index (κ3) is 2.88. The molecule has 0 spiro atoms. The Morgan fingerprint density at radius 1 is 1.33 bits per heavy atom. The number of benzene rings is 1. The van der Waals surface area contributed by atoms with Crippen LogP contribution in [0.15, 0.2) is 12.1 Å². The molecular weight excluding hydrogens is 300 g/mol. The number of amides is 1. The number of halogens is 3. The van der Waals surface area contributed by atoms with Gasteiger partial charge in [0.2, 0.25) is 0 Å². The molecule has 1 rings (SSSR count). The minimum absolute atomic E-state index is 0.0791. The molecule has 98 valence electrons. The summed E-state index contributed by atoms with van der Waals surface area (Å²) in [5.41, 5.74) is 0.247. The number of nitrogens with zero attached hydrogens (tertiary/aromatic N) is 1. The van der Waals surface area contributed by atoms with Gasteiger partial charge in [0, 0.05) is 6.54 Å². The third-order valence-corrected chi connectivity index (χ3v) is 3.26. The number of hydrogen-bond acceptors (Lipinski definition) is 3. The number of rotatable bonds is 3. The van der Waals surface area contributed by atoms with Gasteiger partial charge in [0.1, 0.15) is 0 Å². The average Bonchev–Trinajstić information content (AvgIpc) is 2.34. The van der Waals surface area contributed by atoms with Crippen LogP contribution in [0.4, 0.5) is 10.5 Å². The normalized spacial score (nSPS) is 10.1. The first-order valence-electron chi connectivity index (χ1n) is 4.97. The van der Waals surface area contributed by atoms with Crippen molar-refractivity contribution in [2.75, 3.05) is 18.6 Å². The molecule has 0 radical (unpaired) electrons. The Balaban J connectivity index is 3.48. The van der Waals surface area contributed by atoms with Gasteiger partial charge in [0.25, 0.3) is 5.24 Å². The van der Waals surface area contributed by atoms with Crippen LogP contribution in [0.25, 0.3) is 0 Å². The molecule has 1 aromatic rings. The maximum atomic E-state index is 11.6. The Kier molecular flexibility index (Phi) is 5.26. The molecule has 0 aliphatic heterocycles. The van der Waals surface area contributed by atoms with Crippen molar-refractivity contribution >= 4 is 51.8 Å². The second kappa shape index (κ2) is 6.27. The lowest BCUT2D eigenvalue weighted by Gasteiger charge is -2.22. The van der Waals surface area contributed by atoms with E-state index in [1.165, 1.54) is 24.1 Å². The van der Waals surface area contributed by atoms with E-state index in [0.717, 1.165) is 0 Å². The fourth-order valence-corrected chi connectivity index (χ4v) is 2.02. The van der Waals surface area contributed by atoms with E-state index in [2.05, 4.69) is 4.74 Å². The van der Waals surface area contributed by atoms with Crippen LogP contribution in [0.2, 0.25) is 10.0 Å². The summed E-state index contributed by atoms with van der Waals surface area (Å²) < 4.78 is 4.62. The summed E-state index contributed by atoms with van der Waals surface area (Å²) in [4.78, 5) is 24.2. The first-order valence-corrected chi connectivity index (χ1v) is 6.10. The Bertz CT molecular complexity index is 491. The van der Waals surface area contributed by atoms with Crippen molar-refractivity contribution in [1.82, 2.24) is 0 Å². The summed E-state index contributed by atoms with van der Waals surface area (Å²) in [5.74, 6) is 0. The van der Waals surface area contributed by atoms with E-state index in [0.29, 0.717) is 0 Å². The van der Waals surface area contributed by atoms with Gasteiger partial charge in [0.05, 0.1) is 28.4 Å².